The summed E-state index contributed by atoms with van der Waals surface area (Å²) >= 11 is 1.68. The van der Waals surface area contributed by atoms with E-state index in [4.69, 9.17) is 10.3 Å². The third-order valence-electron chi connectivity index (χ3n) is 5.24. The van der Waals surface area contributed by atoms with Gasteiger partial charge >= 0.3 is 0 Å². The Morgan fingerprint density at radius 3 is 2.62 bits per heavy atom. The predicted molar refractivity (Wildman–Crippen MR) is 104 cm³/mol. The van der Waals surface area contributed by atoms with Crippen molar-refractivity contribution in [1.29, 1.82) is 0 Å². The molecule has 1 aliphatic heterocycles. The second kappa shape index (κ2) is 7.58. The summed E-state index contributed by atoms with van der Waals surface area (Å²) in [5.41, 5.74) is 6.85. The third kappa shape index (κ3) is 3.48. The van der Waals surface area contributed by atoms with Gasteiger partial charge in [0, 0.05) is 23.5 Å². The number of amides is 1. The van der Waals surface area contributed by atoms with E-state index in [1.54, 1.807) is 16.7 Å². The van der Waals surface area contributed by atoms with Crippen LogP contribution in [0.4, 0.5) is 5.69 Å². The molecule has 8 heteroatoms. The molecular weight excluding hydrogens is 372 g/mol. The number of hydrogen-bond donors (Lipinski definition) is 1. The molecule has 2 heterocycles. The summed E-state index contributed by atoms with van der Waals surface area (Å²) < 4.78 is 5.47. The average Bonchev–Trinajstić information content (AvgIpc) is 3.35. The van der Waals surface area contributed by atoms with Crippen LogP contribution in [0.25, 0.3) is 0 Å². The van der Waals surface area contributed by atoms with E-state index in [-0.39, 0.29) is 24.2 Å². The Bertz CT molecular complexity index is 774. The number of benzene rings is 1. The van der Waals surface area contributed by atoms with Crippen molar-refractivity contribution >= 4 is 35.8 Å². The first-order valence-corrected chi connectivity index (χ1v) is 9.89. The van der Waals surface area contributed by atoms with Gasteiger partial charge in [-0.1, -0.05) is 18.0 Å². The molecule has 1 atom stereocenters. The highest BCUT2D eigenvalue weighted by molar-refractivity contribution is 7.98. The van der Waals surface area contributed by atoms with Gasteiger partial charge in [0.15, 0.2) is 5.82 Å². The van der Waals surface area contributed by atoms with Crippen LogP contribution in [0.2, 0.25) is 0 Å². The van der Waals surface area contributed by atoms with E-state index in [0.717, 1.165) is 31.4 Å². The molecule has 0 bridgehead atoms. The predicted octanol–water partition coefficient (Wildman–Crippen LogP) is 3.46. The first kappa shape index (κ1) is 19.2. The summed E-state index contributed by atoms with van der Waals surface area (Å²) in [6.45, 7) is 0.566. The van der Waals surface area contributed by atoms with Crippen LogP contribution < -0.4 is 10.6 Å². The lowest BCUT2D eigenvalue weighted by Crippen LogP contribution is -2.34. The van der Waals surface area contributed by atoms with Gasteiger partial charge in [-0.15, -0.1) is 24.2 Å². The SMILES string of the molecule is CSc1ccc(N2CC(c3nc(C4(N)CCCC4)no3)CC2=O)cc1.Cl. The summed E-state index contributed by atoms with van der Waals surface area (Å²) in [5, 5.41) is 4.12. The molecule has 2 N–H and O–H groups in total. The molecule has 6 nitrogen and oxygen atoms in total. The molecule has 1 saturated heterocycles. The zero-order valence-electron chi connectivity index (χ0n) is 14.7. The number of rotatable bonds is 4. The second-order valence-corrected chi connectivity index (χ2v) is 7.80. The second-order valence-electron chi connectivity index (χ2n) is 6.92. The number of anilines is 1. The van der Waals surface area contributed by atoms with E-state index in [1.165, 1.54) is 4.90 Å². The van der Waals surface area contributed by atoms with Crippen LogP contribution in [0.3, 0.4) is 0 Å². The lowest BCUT2D eigenvalue weighted by atomic mass is 9.98. The number of nitrogens with zero attached hydrogens (tertiary/aromatic N) is 3. The van der Waals surface area contributed by atoms with Crippen LogP contribution in [-0.4, -0.2) is 28.8 Å². The van der Waals surface area contributed by atoms with Crippen LogP contribution in [-0.2, 0) is 10.3 Å². The number of halogens is 1. The van der Waals surface area contributed by atoms with Crippen molar-refractivity contribution in [2.45, 2.75) is 48.5 Å². The van der Waals surface area contributed by atoms with Crippen molar-refractivity contribution < 1.29 is 9.32 Å². The van der Waals surface area contributed by atoms with Gasteiger partial charge in [-0.3, -0.25) is 4.79 Å². The summed E-state index contributed by atoms with van der Waals surface area (Å²) in [6, 6.07) is 8.03. The molecule has 1 aliphatic carbocycles. The highest BCUT2D eigenvalue weighted by atomic mass is 35.5. The number of aromatic nitrogens is 2. The van der Waals surface area contributed by atoms with Crippen molar-refractivity contribution in [2.24, 2.45) is 5.73 Å². The standard InChI is InChI=1S/C18H22N4O2S.ClH/c1-25-14-6-4-13(5-7-14)22-11-12(10-15(22)23)16-20-17(21-24-16)18(19)8-2-3-9-18;/h4-7,12H,2-3,8-11,19H2,1H3;1H. The zero-order valence-corrected chi connectivity index (χ0v) is 16.3. The van der Waals surface area contributed by atoms with Gasteiger partial charge in [-0.2, -0.15) is 4.98 Å². The number of carbonyl (C=O) groups is 1. The maximum absolute atomic E-state index is 12.4. The summed E-state index contributed by atoms with van der Waals surface area (Å²) in [7, 11) is 0. The maximum atomic E-state index is 12.4. The largest absolute Gasteiger partial charge is 0.339 e. The quantitative estimate of drug-likeness (QED) is 0.799. The molecule has 1 amide bonds. The van der Waals surface area contributed by atoms with Gasteiger partial charge in [-0.25, -0.2) is 0 Å². The molecule has 26 heavy (non-hydrogen) atoms. The van der Waals surface area contributed by atoms with Gasteiger partial charge in [-0.05, 0) is 43.4 Å². The van der Waals surface area contributed by atoms with Gasteiger partial charge in [0.2, 0.25) is 11.8 Å². The lowest BCUT2D eigenvalue weighted by Gasteiger charge is -2.18. The molecule has 1 unspecified atom stereocenters. The smallest absolute Gasteiger partial charge is 0.232 e. The molecular formula is C18H23ClN4O2S. The minimum absolute atomic E-state index is 0. The Labute approximate surface area is 163 Å². The van der Waals surface area contributed by atoms with Crippen LogP contribution >= 0.6 is 24.2 Å². The van der Waals surface area contributed by atoms with Crippen molar-refractivity contribution in [3.05, 3.63) is 36.0 Å². The fraction of sp³-hybridized carbons (Fsp3) is 0.500. The number of thioether (sulfide) groups is 1. The van der Waals surface area contributed by atoms with Crippen molar-refractivity contribution in [3.63, 3.8) is 0 Å². The first-order chi connectivity index (χ1) is 12.1. The highest BCUT2D eigenvalue weighted by Crippen LogP contribution is 2.37. The van der Waals surface area contributed by atoms with E-state index in [0.29, 0.717) is 24.7 Å². The van der Waals surface area contributed by atoms with E-state index in [2.05, 4.69) is 10.1 Å². The fourth-order valence-electron chi connectivity index (χ4n) is 3.72. The number of carbonyl (C=O) groups excluding carboxylic acids is 1. The summed E-state index contributed by atoms with van der Waals surface area (Å²) in [6.07, 6.45) is 6.41. The maximum Gasteiger partial charge on any atom is 0.232 e. The molecule has 2 fully saturated rings. The Morgan fingerprint density at radius 2 is 1.96 bits per heavy atom. The Morgan fingerprint density at radius 1 is 1.27 bits per heavy atom. The Hall–Kier alpha value is -1.57. The van der Waals surface area contributed by atoms with Crippen LogP contribution in [0.5, 0.6) is 0 Å². The molecule has 1 aromatic carbocycles. The monoisotopic (exact) mass is 394 g/mol. The van der Waals surface area contributed by atoms with Crippen LogP contribution in [0, 0.1) is 0 Å². The molecule has 1 aromatic heterocycles. The molecule has 2 aromatic rings. The summed E-state index contributed by atoms with van der Waals surface area (Å²) in [5.74, 6) is 1.14. The van der Waals surface area contributed by atoms with Crippen LogP contribution in [0.15, 0.2) is 33.7 Å². The van der Waals surface area contributed by atoms with Gasteiger partial charge < -0.3 is 15.2 Å². The summed E-state index contributed by atoms with van der Waals surface area (Å²) in [4.78, 5) is 20.0. The molecule has 140 valence electrons. The fourth-order valence-corrected chi connectivity index (χ4v) is 4.13. The molecule has 1 saturated carbocycles. The lowest BCUT2D eigenvalue weighted by molar-refractivity contribution is -0.117. The molecule has 2 aliphatic rings. The molecule has 0 radical (unpaired) electrons. The number of hydrogen-bond acceptors (Lipinski definition) is 6. The van der Waals surface area contributed by atoms with E-state index in [9.17, 15) is 4.79 Å². The van der Waals surface area contributed by atoms with E-state index in [1.807, 2.05) is 30.5 Å². The number of nitrogens with two attached hydrogens (primary N) is 1. The van der Waals surface area contributed by atoms with Crippen molar-refractivity contribution in [1.82, 2.24) is 10.1 Å². The van der Waals surface area contributed by atoms with Gasteiger partial charge in [0.1, 0.15) is 0 Å². The molecule has 4 rings (SSSR count). The zero-order chi connectivity index (χ0) is 17.4. The topological polar surface area (TPSA) is 85.2 Å². The normalized spacial score (nSPS) is 21.8. The van der Waals surface area contributed by atoms with Crippen LogP contribution in [0.1, 0.15) is 49.7 Å². The van der Waals surface area contributed by atoms with E-state index >= 15 is 0 Å². The van der Waals surface area contributed by atoms with Gasteiger partial charge in [0.05, 0.1) is 11.5 Å². The highest BCUT2D eigenvalue weighted by Gasteiger charge is 2.39. The average molecular weight is 395 g/mol. The Kier molecular flexibility index (Phi) is 5.60. The minimum Gasteiger partial charge on any atom is -0.339 e. The van der Waals surface area contributed by atoms with E-state index < -0.39 is 5.54 Å². The molecule has 0 spiro atoms. The van der Waals surface area contributed by atoms with Gasteiger partial charge in [0.25, 0.3) is 0 Å². The minimum atomic E-state index is -0.461. The van der Waals surface area contributed by atoms with Crippen molar-refractivity contribution in [2.75, 3.05) is 17.7 Å². The van der Waals surface area contributed by atoms with Crippen molar-refractivity contribution in [3.8, 4) is 0 Å². The first-order valence-electron chi connectivity index (χ1n) is 8.66. The Balaban J connectivity index is 0.00000196. The third-order valence-corrected chi connectivity index (χ3v) is 5.98.